The maximum atomic E-state index is 4.76. The number of pyridine rings is 1. The van der Waals surface area contributed by atoms with Crippen molar-refractivity contribution in [2.24, 2.45) is 0 Å². The second kappa shape index (κ2) is 6.66. The quantitative estimate of drug-likeness (QED) is 0.683. The van der Waals surface area contributed by atoms with E-state index in [1.807, 2.05) is 22.7 Å². The second-order valence-electron chi connectivity index (χ2n) is 6.53. The molecule has 0 aliphatic heterocycles. The minimum absolute atomic E-state index is 0.402. The Balaban J connectivity index is 1.76. The van der Waals surface area contributed by atoms with E-state index in [1.54, 1.807) is 12.4 Å². The number of nitrogens with zero attached hydrogens (tertiary/aromatic N) is 5. The predicted octanol–water partition coefficient (Wildman–Crippen LogP) is 3.74. The van der Waals surface area contributed by atoms with Crippen LogP contribution in [-0.4, -0.2) is 30.8 Å². The molecule has 25 heavy (non-hydrogen) atoms. The summed E-state index contributed by atoms with van der Waals surface area (Å²) in [6, 6.07) is 6.28. The average molecular weight is 337 g/mol. The second-order valence-corrected chi connectivity index (χ2v) is 6.53. The Morgan fingerprint density at radius 1 is 1.16 bits per heavy atom. The molecule has 0 aromatic carbocycles. The minimum Gasteiger partial charge on any atom is -0.366 e. The summed E-state index contributed by atoms with van der Waals surface area (Å²) in [6.07, 6.45) is 7.98. The van der Waals surface area contributed by atoms with Crippen molar-refractivity contribution in [3.63, 3.8) is 0 Å². The zero-order valence-corrected chi connectivity index (χ0v) is 14.6. The van der Waals surface area contributed by atoms with Crippen LogP contribution in [0.5, 0.6) is 0 Å². The molecule has 4 rings (SSSR count). The maximum Gasteiger partial charge on any atom is 0.201 e. The molecule has 3 aromatic heterocycles. The van der Waals surface area contributed by atoms with E-state index in [9.17, 15) is 0 Å². The first-order chi connectivity index (χ1) is 12.3. The van der Waals surface area contributed by atoms with Crippen molar-refractivity contribution in [2.75, 3.05) is 10.6 Å². The lowest BCUT2D eigenvalue weighted by atomic mass is 10.2. The molecule has 0 spiro atoms. The van der Waals surface area contributed by atoms with Crippen molar-refractivity contribution in [3.8, 4) is 0 Å². The number of rotatable bonds is 7. The summed E-state index contributed by atoms with van der Waals surface area (Å²) in [5, 5.41) is 20.5. The monoisotopic (exact) mass is 337 g/mol. The average Bonchev–Trinajstić information content (AvgIpc) is 3.40. The van der Waals surface area contributed by atoms with Crippen LogP contribution in [0.2, 0.25) is 0 Å². The van der Waals surface area contributed by atoms with Gasteiger partial charge in [0, 0.05) is 36.1 Å². The van der Waals surface area contributed by atoms with Gasteiger partial charge in [-0.2, -0.15) is 4.52 Å². The van der Waals surface area contributed by atoms with Crippen LogP contribution in [0.4, 0.5) is 17.2 Å². The van der Waals surface area contributed by atoms with E-state index in [4.69, 9.17) is 5.10 Å². The van der Waals surface area contributed by atoms with Gasteiger partial charge in [-0.15, -0.1) is 15.3 Å². The third-order valence-electron chi connectivity index (χ3n) is 4.63. The maximum absolute atomic E-state index is 4.76. The molecule has 0 atom stereocenters. The Morgan fingerprint density at radius 2 is 1.92 bits per heavy atom. The van der Waals surface area contributed by atoms with Crippen molar-refractivity contribution < 1.29 is 0 Å². The molecule has 3 heterocycles. The molecule has 7 nitrogen and oxygen atoms in total. The third kappa shape index (κ3) is 3.26. The van der Waals surface area contributed by atoms with E-state index in [0.29, 0.717) is 12.0 Å². The van der Waals surface area contributed by atoms with Crippen LogP contribution in [0.3, 0.4) is 0 Å². The first-order valence-corrected chi connectivity index (χ1v) is 8.98. The Hall–Kier alpha value is -2.70. The molecule has 1 aliphatic carbocycles. The molecular formula is C18H23N7. The molecule has 0 unspecified atom stereocenters. The molecule has 1 saturated carbocycles. The van der Waals surface area contributed by atoms with E-state index in [-0.39, 0.29) is 0 Å². The van der Waals surface area contributed by atoms with E-state index >= 15 is 0 Å². The van der Waals surface area contributed by atoms with Gasteiger partial charge < -0.3 is 10.6 Å². The van der Waals surface area contributed by atoms with Crippen LogP contribution >= 0.6 is 0 Å². The lowest BCUT2D eigenvalue weighted by molar-refractivity contribution is 0.664. The molecule has 1 fully saturated rings. The van der Waals surface area contributed by atoms with Gasteiger partial charge in [-0.3, -0.25) is 4.98 Å². The zero-order chi connectivity index (χ0) is 17.2. The zero-order valence-electron chi connectivity index (χ0n) is 14.6. The summed E-state index contributed by atoms with van der Waals surface area (Å²) >= 11 is 0. The standard InChI is InChI=1S/C18H23N7/c1-3-13(4-2)21-16-11-15(20-14-7-9-19-10-8-14)18-23-22-17(12-5-6-12)25(18)24-16/h7-13H,3-6H2,1-2H3,(H,19,20)(H,21,24). The molecule has 0 saturated heterocycles. The number of fused-ring (bicyclic) bond motifs is 1. The summed E-state index contributed by atoms with van der Waals surface area (Å²) in [5.41, 5.74) is 2.62. The van der Waals surface area contributed by atoms with Crippen LogP contribution < -0.4 is 10.6 Å². The number of anilines is 3. The van der Waals surface area contributed by atoms with Crippen molar-refractivity contribution in [3.05, 3.63) is 36.4 Å². The highest BCUT2D eigenvalue weighted by Crippen LogP contribution is 2.39. The van der Waals surface area contributed by atoms with Crippen molar-refractivity contribution in [1.29, 1.82) is 0 Å². The highest BCUT2D eigenvalue weighted by atomic mass is 15.4. The molecule has 2 N–H and O–H groups in total. The number of hydrogen-bond donors (Lipinski definition) is 2. The van der Waals surface area contributed by atoms with Gasteiger partial charge in [0.1, 0.15) is 5.82 Å². The number of aromatic nitrogens is 5. The molecule has 0 radical (unpaired) electrons. The number of nitrogens with one attached hydrogen (secondary N) is 2. The molecule has 0 bridgehead atoms. The molecular weight excluding hydrogens is 314 g/mol. The Morgan fingerprint density at radius 3 is 2.60 bits per heavy atom. The Bertz CT molecular complexity index is 850. The van der Waals surface area contributed by atoms with E-state index in [2.05, 4.69) is 39.7 Å². The summed E-state index contributed by atoms with van der Waals surface area (Å²) in [4.78, 5) is 4.07. The van der Waals surface area contributed by atoms with Crippen molar-refractivity contribution in [2.45, 2.75) is 51.5 Å². The van der Waals surface area contributed by atoms with Crippen LogP contribution in [0.25, 0.3) is 5.65 Å². The summed E-state index contributed by atoms with van der Waals surface area (Å²) < 4.78 is 1.89. The summed E-state index contributed by atoms with van der Waals surface area (Å²) in [5.74, 6) is 2.29. The fourth-order valence-electron chi connectivity index (χ4n) is 2.95. The Labute approximate surface area is 146 Å². The van der Waals surface area contributed by atoms with Gasteiger partial charge in [0.2, 0.25) is 5.65 Å². The first kappa shape index (κ1) is 15.8. The van der Waals surface area contributed by atoms with E-state index in [1.165, 1.54) is 12.8 Å². The van der Waals surface area contributed by atoms with Crippen LogP contribution in [0.15, 0.2) is 30.6 Å². The lowest BCUT2D eigenvalue weighted by Crippen LogP contribution is -2.19. The lowest BCUT2D eigenvalue weighted by Gasteiger charge is -2.17. The van der Waals surface area contributed by atoms with Gasteiger partial charge >= 0.3 is 0 Å². The highest BCUT2D eigenvalue weighted by molar-refractivity contribution is 5.75. The van der Waals surface area contributed by atoms with Crippen LogP contribution in [0.1, 0.15) is 51.3 Å². The van der Waals surface area contributed by atoms with Crippen LogP contribution in [0, 0.1) is 0 Å². The molecule has 1 aliphatic rings. The SMILES string of the molecule is CCC(CC)Nc1cc(Nc2ccncc2)c2nnc(C3CC3)n2n1. The Kier molecular flexibility index (Phi) is 4.21. The van der Waals surface area contributed by atoms with E-state index < -0.39 is 0 Å². The fraction of sp³-hybridized carbons (Fsp3) is 0.444. The minimum atomic E-state index is 0.402. The molecule has 130 valence electrons. The van der Waals surface area contributed by atoms with Gasteiger partial charge in [-0.25, -0.2) is 0 Å². The van der Waals surface area contributed by atoms with E-state index in [0.717, 1.165) is 41.5 Å². The summed E-state index contributed by atoms with van der Waals surface area (Å²) in [7, 11) is 0. The van der Waals surface area contributed by atoms with Crippen LogP contribution in [-0.2, 0) is 0 Å². The topological polar surface area (TPSA) is 80.0 Å². The molecule has 7 heteroatoms. The predicted molar refractivity (Wildman–Crippen MR) is 98.3 cm³/mol. The van der Waals surface area contributed by atoms with Gasteiger partial charge in [0.05, 0.1) is 5.69 Å². The fourth-order valence-corrected chi connectivity index (χ4v) is 2.95. The first-order valence-electron chi connectivity index (χ1n) is 8.98. The third-order valence-corrected chi connectivity index (χ3v) is 4.63. The van der Waals surface area contributed by atoms with Gasteiger partial charge in [0.15, 0.2) is 5.82 Å². The number of hydrogen-bond acceptors (Lipinski definition) is 6. The van der Waals surface area contributed by atoms with Crippen molar-refractivity contribution in [1.82, 2.24) is 24.8 Å². The molecule has 3 aromatic rings. The normalized spacial score (nSPS) is 14.2. The van der Waals surface area contributed by atoms with Gasteiger partial charge in [-0.05, 0) is 37.8 Å². The van der Waals surface area contributed by atoms with Gasteiger partial charge in [0.25, 0.3) is 0 Å². The highest BCUT2D eigenvalue weighted by Gasteiger charge is 2.30. The summed E-state index contributed by atoms with van der Waals surface area (Å²) in [6.45, 7) is 4.37. The van der Waals surface area contributed by atoms with Gasteiger partial charge in [-0.1, -0.05) is 13.8 Å². The molecule has 0 amide bonds. The van der Waals surface area contributed by atoms with Crippen molar-refractivity contribution >= 4 is 22.8 Å². The largest absolute Gasteiger partial charge is 0.366 e. The smallest absolute Gasteiger partial charge is 0.201 e.